The van der Waals surface area contributed by atoms with E-state index in [4.69, 9.17) is 5.73 Å². The van der Waals surface area contributed by atoms with Gasteiger partial charge in [-0.1, -0.05) is 12.1 Å². The van der Waals surface area contributed by atoms with E-state index < -0.39 is 11.7 Å². The summed E-state index contributed by atoms with van der Waals surface area (Å²) in [6.45, 7) is 0. The molecular weight excluding hydrogens is 285 g/mol. The minimum atomic E-state index is -4.31. The van der Waals surface area contributed by atoms with Gasteiger partial charge in [-0.15, -0.1) is 11.3 Å². The van der Waals surface area contributed by atoms with Crippen molar-refractivity contribution in [3.8, 4) is 11.3 Å². The number of halogens is 3. The Kier molecular flexibility index (Phi) is 3.10. The molecule has 0 radical (unpaired) electrons. The lowest BCUT2D eigenvalue weighted by atomic mass is 9.78. The second kappa shape index (κ2) is 4.56. The number of nitrogens with zero attached hydrogens (tertiary/aromatic N) is 1. The summed E-state index contributed by atoms with van der Waals surface area (Å²) in [6.07, 6.45) is -1.36. The number of aromatic nitrogens is 1. The van der Waals surface area contributed by atoms with E-state index in [9.17, 15) is 13.2 Å². The average Bonchev–Trinajstić information content (AvgIpc) is 2.85. The van der Waals surface area contributed by atoms with Crippen LogP contribution in [-0.2, 0) is 11.7 Å². The molecule has 106 valence electrons. The fraction of sp³-hybridized carbons (Fsp3) is 0.357. The molecule has 1 heterocycles. The van der Waals surface area contributed by atoms with Crippen molar-refractivity contribution in [3.05, 3.63) is 40.2 Å². The average molecular weight is 298 g/mol. The zero-order valence-electron chi connectivity index (χ0n) is 10.6. The molecule has 0 amide bonds. The monoisotopic (exact) mass is 298 g/mol. The van der Waals surface area contributed by atoms with Crippen LogP contribution in [0.4, 0.5) is 13.2 Å². The highest BCUT2D eigenvalue weighted by Crippen LogP contribution is 2.41. The lowest BCUT2D eigenvalue weighted by molar-refractivity contribution is -0.137. The Labute approximate surface area is 118 Å². The molecule has 2 aromatic rings. The fourth-order valence-electron chi connectivity index (χ4n) is 2.24. The zero-order valence-corrected chi connectivity index (χ0v) is 11.4. The van der Waals surface area contributed by atoms with Crippen molar-refractivity contribution >= 4 is 11.3 Å². The Morgan fingerprint density at radius 3 is 2.30 bits per heavy atom. The minimum Gasteiger partial charge on any atom is -0.319 e. The summed E-state index contributed by atoms with van der Waals surface area (Å²) in [7, 11) is 0. The van der Waals surface area contributed by atoms with Crippen molar-refractivity contribution in [1.82, 2.24) is 4.98 Å². The first-order valence-electron chi connectivity index (χ1n) is 6.31. The molecular formula is C14H13F3N2S. The Morgan fingerprint density at radius 2 is 1.80 bits per heavy atom. The van der Waals surface area contributed by atoms with Crippen molar-refractivity contribution < 1.29 is 13.2 Å². The summed E-state index contributed by atoms with van der Waals surface area (Å²) in [5, 5.41) is 2.73. The summed E-state index contributed by atoms with van der Waals surface area (Å²) in [6, 6.07) is 5.06. The molecule has 1 aromatic carbocycles. The molecule has 0 unspecified atom stereocenters. The normalized spacial score (nSPS) is 17.8. The van der Waals surface area contributed by atoms with Crippen LogP contribution in [-0.4, -0.2) is 4.98 Å². The number of benzene rings is 1. The molecule has 1 aliphatic carbocycles. The van der Waals surface area contributed by atoms with E-state index in [0.717, 1.165) is 36.4 Å². The van der Waals surface area contributed by atoms with Crippen molar-refractivity contribution in [2.75, 3.05) is 0 Å². The van der Waals surface area contributed by atoms with Gasteiger partial charge in [0.2, 0.25) is 0 Å². The van der Waals surface area contributed by atoms with Gasteiger partial charge in [0.05, 0.1) is 16.8 Å². The van der Waals surface area contributed by atoms with E-state index in [1.54, 1.807) is 0 Å². The Balaban J connectivity index is 1.86. The standard InChI is InChI=1S/C14H13F3N2S/c15-14(16,17)10-4-2-9(3-5-10)11-8-20-12(19-11)13(18)6-1-7-13/h2-5,8H,1,6-7,18H2. The van der Waals surface area contributed by atoms with Gasteiger partial charge in [-0.2, -0.15) is 13.2 Å². The number of thiazole rings is 1. The molecule has 6 heteroatoms. The molecule has 0 saturated heterocycles. The Hall–Kier alpha value is -1.40. The maximum absolute atomic E-state index is 12.5. The van der Waals surface area contributed by atoms with Gasteiger partial charge in [0.25, 0.3) is 0 Å². The predicted octanol–water partition coefficient (Wildman–Crippen LogP) is 4.17. The van der Waals surface area contributed by atoms with Crippen LogP contribution in [0.1, 0.15) is 29.8 Å². The maximum Gasteiger partial charge on any atom is 0.416 e. The van der Waals surface area contributed by atoms with E-state index >= 15 is 0 Å². The lowest BCUT2D eigenvalue weighted by Gasteiger charge is -2.35. The summed E-state index contributed by atoms with van der Waals surface area (Å²) >= 11 is 1.48. The first-order chi connectivity index (χ1) is 9.38. The van der Waals surface area contributed by atoms with E-state index in [2.05, 4.69) is 4.98 Å². The number of nitrogens with two attached hydrogens (primary N) is 1. The van der Waals surface area contributed by atoms with Gasteiger partial charge in [0, 0.05) is 10.9 Å². The third-order valence-electron chi connectivity index (χ3n) is 3.68. The van der Waals surface area contributed by atoms with Crippen LogP contribution >= 0.6 is 11.3 Å². The van der Waals surface area contributed by atoms with E-state index in [0.29, 0.717) is 11.3 Å². The number of hydrogen-bond acceptors (Lipinski definition) is 3. The highest BCUT2D eigenvalue weighted by molar-refractivity contribution is 7.10. The zero-order chi connectivity index (χ0) is 14.4. The van der Waals surface area contributed by atoms with Crippen molar-refractivity contribution in [3.63, 3.8) is 0 Å². The summed E-state index contributed by atoms with van der Waals surface area (Å²) in [4.78, 5) is 4.48. The maximum atomic E-state index is 12.5. The van der Waals surface area contributed by atoms with E-state index in [-0.39, 0.29) is 5.54 Å². The molecule has 0 atom stereocenters. The number of alkyl halides is 3. The SMILES string of the molecule is NC1(c2nc(-c3ccc(C(F)(F)F)cc3)cs2)CCC1. The van der Waals surface area contributed by atoms with Crippen LogP contribution in [0.3, 0.4) is 0 Å². The van der Waals surface area contributed by atoms with Gasteiger partial charge < -0.3 is 5.73 Å². The summed E-state index contributed by atoms with van der Waals surface area (Å²) in [5.74, 6) is 0. The first-order valence-corrected chi connectivity index (χ1v) is 7.19. The molecule has 2 nitrogen and oxygen atoms in total. The third-order valence-corrected chi connectivity index (χ3v) is 4.75. The van der Waals surface area contributed by atoms with E-state index in [1.807, 2.05) is 5.38 Å². The Bertz CT molecular complexity index is 612. The lowest BCUT2D eigenvalue weighted by Crippen LogP contribution is -2.43. The molecule has 20 heavy (non-hydrogen) atoms. The van der Waals surface area contributed by atoms with Gasteiger partial charge in [0.15, 0.2) is 0 Å². The van der Waals surface area contributed by atoms with Crippen LogP contribution in [0.2, 0.25) is 0 Å². The van der Waals surface area contributed by atoms with Crippen molar-refractivity contribution in [2.45, 2.75) is 31.0 Å². The largest absolute Gasteiger partial charge is 0.416 e. The van der Waals surface area contributed by atoms with Gasteiger partial charge >= 0.3 is 6.18 Å². The fourth-order valence-corrected chi connectivity index (χ4v) is 3.24. The molecule has 0 aliphatic heterocycles. The molecule has 1 aliphatic rings. The number of hydrogen-bond donors (Lipinski definition) is 1. The molecule has 3 rings (SSSR count). The van der Waals surface area contributed by atoms with Crippen LogP contribution in [0.25, 0.3) is 11.3 Å². The van der Waals surface area contributed by atoms with Gasteiger partial charge in [-0.25, -0.2) is 4.98 Å². The number of rotatable bonds is 2. The van der Waals surface area contributed by atoms with Crippen LogP contribution in [0.5, 0.6) is 0 Å². The van der Waals surface area contributed by atoms with Crippen molar-refractivity contribution in [2.24, 2.45) is 5.73 Å². The molecule has 0 bridgehead atoms. The predicted molar refractivity (Wildman–Crippen MR) is 72.3 cm³/mol. The Morgan fingerprint density at radius 1 is 1.15 bits per heavy atom. The molecule has 1 aromatic heterocycles. The quantitative estimate of drug-likeness (QED) is 0.904. The molecule has 0 spiro atoms. The molecule has 1 fully saturated rings. The van der Waals surface area contributed by atoms with Gasteiger partial charge in [-0.05, 0) is 31.4 Å². The molecule has 1 saturated carbocycles. The highest BCUT2D eigenvalue weighted by Gasteiger charge is 2.37. The van der Waals surface area contributed by atoms with Gasteiger partial charge in [0.1, 0.15) is 5.01 Å². The van der Waals surface area contributed by atoms with Crippen molar-refractivity contribution in [1.29, 1.82) is 0 Å². The van der Waals surface area contributed by atoms with Crippen LogP contribution in [0.15, 0.2) is 29.6 Å². The second-order valence-electron chi connectivity index (χ2n) is 5.12. The first kappa shape index (κ1) is 13.6. The minimum absolute atomic E-state index is 0.325. The molecule has 2 N–H and O–H groups in total. The third kappa shape index (κ3) is 2.33. The van der Waals surface area contributed by atoms with E-state index in [1.165, 1.54) is 23.5 Å². The highest BCUT2D eigenvalue weighted by atomic mass is 32.1. The van der Waals surface area contributed by atoms with Crippen LogP contribution in [0, 0.1) is 0 Å². The summed E-state index contributed by atoms with van der Waals surface area (Å²) < 4.78 is 37.5. The second-order valence-corrected chi connectivity index (χ2v) is 5.98. The van der Waals surface area contributed by atoms with Gasteiger partial charge in [-0.3, -0.25) is 0 Å². The summed E-state index contributed by atoms with van der Waals surface area (Å²) in [5.41, 5.74) is 6.60. The topological polar surface area (TPSA) is 38.9 Å². The smallest absolute Gasteiger partial charge is 0.319 e. The van der Waals surface area contributed by atoms with Crippen LogP contribution < -0.4 is 5.73 Å².